The van der Waals surface area contributed by atoms with Crippen LogP contribution in [-0.4, -0.2) is 61.1 Å². The third-order valence-corrected chi connectivity index (χ3v) is 8.93. The Balaban J connectivity index is 1.41. The van der Waals surface area contributed by atoms with Crippen molar-refractivity contribution >= 4 is 11.6 Å². The van der Waals surface area contributed by atoms with Gasteiger partial charge in [0.25, 0.3) is 0 Å². The van der Waals surface area contributed by atoms with Gasteiger partial charge in [-0.1, -0.05) is 25.0 Å². The van der Waals surface area contributed by atoms with Crippen LogP contribution < -0.4 is 5.69 Å². The van der Waals surface area contributed by atoms with E-state index in [4.69, 9.17) is 14.6 Å². The van der Waals surface area contributed by atoms with E-state index in [0.29, 0.717) is 30.9 Å². The molecule has 9 nitrogen and oxygen atoms in total. The fourth-order valence-corrected chi connectivity index (χ4v) is 6.97. The molecule has 1 atom stereocenters. The van der Waals surface area contributed by atoms with Gasteiger partial charge in [0.2, 0.25) is 0 Å². The minimum atomic E-state index is -4.65. The molecular weight excluding hydrogens is 599 g/mol. The van der Waals surface area contributed by atoms with Crippen LogP contribution in [0.1, 0.15) is 81.3 Å². The van der Waals surface area contributed by atoms with Crippen LogP contribution in [0.2, 0.25) is 0 Å². The van der Waals surface area contributed by atoms with Gasteiger partial charge < -0.3 is 9.47 Å². The number of carbonyl (C=O) groups is 1. The summed E-state index contributed by atoms with van der Waals surface area (Å²) in [4.78, 5) is 28.7. The number of morpholine rings is 1. The standard InChI is InChI=1S/C34H40F3N5O4/c1-22-17-42(31(44)46-32(3,4)5)38-29(22)33(11-6-7-12-33)25-9-8-10-26(16-25)40-21-28-27(34(35,36)37)15-24(20-41(28)30(40)43)19-39-13-14-45-23(2)18-39/h8-10,15-17,20-21,23H,6-7,11-14,18-19H2,1-5H3/t23-/m1/s1. The number of aryl methyl sites for hydroxylation is 1. The number of carbonyl (C=O) groups excluding carboxylic acids is 1. The lowest BCUT2D eigenvalue weighted by molar-refractivity contribution is -0.136. The van der Waals surface area contributed by atoms with Gasteiger partial charge in [-0.2, -0.15) is 23.0 Å². The quantitative estimate of drug-likeness (QED) is 0.249. The van der Waals surface area contributed by atoms with Crippen molar-refractivity contribution in [3.05, 3.63) is 87.4 Å². The summed E-state index contributed by atoms with van der Waals surface area (Å²) >= 11 is 0. The van der Waals surface area contributed by atoms with Crippen molar-refractivity contribution in [3.8, 4) is 5.69 Å². The SMILES string of the molecule is Cc1cn(C(=O)OC(C)(C)C)nc1C1(c2cccc(-n3cc4c(C(F)(F)F)cc(CN5CCO[C@H](C)C5)cn4c3=O)c2)CCCC1. The van der Waals surface area contributed by atoms with Gasteiger partial charge in [-0.15, -0.1) is 0 Å². The summed E-state index contributed by atoms with van der Waals surface area (Å²) < 4.78 is 57.9. The first-order valence-corrected chi connectivity index (χ1v) is 15.7. The number of halogens is 3. The molecule has 0 bridgehead atoms. The number of aromatic nitrogens is 4. The first-order valence-electron chi connectivity index (χ1n) is 15.7. The van der Waals surface area contributed by atoms with E-state index in [1.807, 2.05) is 36.9 Å². The molecule has 6 rings (SSSR count). The first-order chi connectivity index (χ1) is 21.6. The Bertz CT molecular complexity index is 1820. The maximum atomic E-state index is 14.4. The van der Waals surface area contributed by atoms with E-state index in [-0.39, 0.29) is 18.2 Å². The van der Waals surface area contributed by atoms with Crippen molar-refractivity contribution in [1.82, 2.24) is 23.6 Å². The van der Waals surface area contributed by atoms with Crippen LogP contribution in [0.3, 0.4) is 0 Å². The van der Waals surface area contributed by atoms with Gasteiger partial charge in [0.1, 0.15) is 5.60 Å². The van der Waals surface area contributed by atoms with Crippen LogP contribution in [0.4, 0.5) is 18.0 Å². The average Bonchev–Trinajstić information content (AvgIpc) is 3.70. The van der Waals surface area contributed by atoms with Crippen LogP contribution in [-0.2, 0) is 27.6 Å². The van der Waals surface area contributed by atoms with E-state index in [0.717, 1.165) is 53.0 Å². The average molecular weight is 640 g/mol. The maximum Gasteiger partial charge on any atom is 0.435 e. The summed E-state index contributed by atoms with van der Waals surface area (Å²) in [5, 5.41) is 4.71. The largest absolute Gasteiger partial charge is 0.442 e. The Kier molecular flexibility index (Phi) is 8.17. The third kappa shape index (κ3) is 6.12. The Morgan fingerprint density at radius 3 is 2.52 bits per heavy atom. The van der Waals surface area contributed by atoms with Gasteiger partial charge in [0.15, 0.2) is 0 Å². The molecule has 1 saturated heterocycles. The highest BCUT2D eigenvalue weighted by Crippen LogP contribution is 2.47. The minimum absolute atomic E-state index is 0.0198. The lowest BCUT2D eigenvalue weighted by Gasteiger charge is -2.31. The molecule has 0 radical (unpaired) electrons. The number of hydrogen-bond donors (Lipinski definition) is 0. The predicted molar refractivity (Wildman–Crippen MR) is 167 cm³/mol. The number of ether oxygens (including phenoxy) is 2. The van der Waals surface area contributed by atoms with Crippen LogP contribution in [0.25, 0.3) is 11.2 Å². The zero-order valence-corrected chi connectivity index (χ0v) is 26.9. The molecule has 1 aliphatic carbocycles. The summed E-state index contributed by atoms with van der Waals surface area (Å²) in [6, 6.07) is 8.51. The number of imidazole rings is 1. The molecule has 0 spiro atoms. The van der Waals surface area contributed by atoms with E-state index in [1.165, 1.54) is 21.6 Å². The molecule has 1 aliphatic heterocycles. The van der Waals surface area contributed by atoms with Crippen molar-refractivity contribution in [2.24, 2.45) is 0 Å². The van der Waals surface area contributed by atoms with E-state index in [1.54, 1.807) is 33.0 Å². The van der Waals surface area contributed by atoms with Crippen molar-refractivity contribution in [2.45, 2.75) is 90.1 Å². The highest BCUT2D eigenvalue weighted by Gasteiger charge is 2.42. The molecule has 1 saturated carbocycles. The number of fused-ring (bicyclic) bond motifs is 1. The maximum absolute atomic E-state index is 14.4. The zero-order chi connectivity index (χ0) is 33.0. The van der Waals surface area contributed by atoms with Crippen molar-refractivity contribution in [2.75, 3.05) is 19.7 Å². The number of alkyl halides is 3. The number of hydrogen-bond acceptors (Lipinski definition) is 6. The second-order valence-electron chi connectivity index (χ2n) is 13.6. The fraction of sp³-hybridized carbons (Fsp3) is 0.500. The Morgan fingerprint density at radius 1 is 1.11 bits per heavy atom. The topological polar surface area (TPSA) is 83.0 Å². The molecule has 2 aliphatic rings. The molecule has 0 unspecified atom stereocenters. The second-order valence-corrected chi connectivity index (χ2v) is 13.6. The van der Waals surface area contributed by atoms with E-state index < -0.39 is 34.5 Å². The summed E-state index contributed by atoms with van der Waals surface area (Å²) in [6.45, 7) is 11.2. The molecule has 46 heavy (non-hydrogen) atoms. The van der Waals surface area contributed by atoms with Crippen LogP contribution in [0.15, 0.2) is 53.7 Å². The summed E-state index contributed by atoms with van der Waals surface area (Å²) in [7, 11) is 0. The fourth-order valence-electron chi connectivity index (χ4n) is 6.97. The molecule has 12 heteroatoms. The van der Waals surface area contributed by atoms with E-state index in [9.17, 15) is 22.8 Å². The normalized spacial score (nSPS) is 19.2. The number of rotatable bonds is 5. The summed E-state index contributed by atoms with van der Waals surface area (Å²) in [5.74, 6) is 0. The number of benzene rings is 1. The molecule has 1 aromatic carbocycles. The number of nitrogens with zero attached hydrogens (tertiary/aromatic N) is 5. The summed E-state index contributed by atoms with van der Waals surface area (Å²) in [6.07, 6.45) is 2.65. The van der Waals surface area contributed by atoms with Crippen LogP contribution >= 0.6 is 0 Å². The Hall–Kier alpha value is -3.90. The van der Waals surface area contributed by atoms with Crippen molar-refractivity contribution < 1.29 is 27.4 Å². The highest BCUT2D eigenvalue weighted by molar-refractivity contribution is 5.70. The van der Waals surface area contributed by atoms with Gasteiger partial charge in [-0.05, 0) is 82.3 Å². The molecule has 3 aromatic heterocycles. The Morgan fingerprint density at radius 2 is 1.85 bits per heavy atom. The zero-order valence-electron chi connectivity index (χ0n) is 26.9. The van der Waals surface area contributed by atoms with Gasteiger partial charge >= 0.3 is 18.0 Å². The van der Waals surface area contributed by atoms with Crippen LogP contribution in [0, 0.1) is 6.92 Å². The van der Waals surface area contributed by atoms with Gasteiger partial charge in [0, 0.05) is 43.6 Å². The number of pyridine rings is 1. The summed E-state index contributed by atoms with van der Waals surface area (Å²) in [5.41, 5.74) is 0.487. The van der Waals surface area contributed by atoms with Crippen LogP contribution in [0.5, 0.6) is 0 Å². The minimum Gasteiger partial charge on any atom is -0.442 e. The molecule has 4 aromatic rings. The molecule has 2 fully saturated rings. The lowest BCUT2D eigenvalue weighted by atomic mass is 9.75. The third-order valence-electron chi connectivity index (χ3n) is 8.93. The molecule has 246 valence electrons. The predicted octanol–water partition coefficient (Wildman–Crippen LogP) is 6.48. The molecule has 4 heterocycles. The van der Waals surface area contributed by atoms with Gasteiger partial charge in [-0.25, -0.2) is 9.59 Å². The molecule has 0 N–H and O–H groups in total. The van der Waals surface area contributed by atoms with Crippen molar-refractivity contribution in [3.63, 3.8) is 0 Å². The van der Waals surface area contributed by atoms with Gasteiger partial charge in [0.05, 0.1) is 35.2 Å². The lowest BCUT2D eigenvalue weighted by Crippen LogP contribution is -2.40. The van der Waals surface area contributed by atoms with Crippen molar-refractivity contribution in [1.29, 1.82) is 0 Å². The van der Waals surface area contributed by atoms with Gasteiger partial charge in [-0.3, -0.25) is 13.9 Å². The highest BCUT2D eigenvalue weighted by atomic mass is 19.4. The molecular formula is C34H40F3N5O4. The molecule has 0 amide bonds. The second kappa shape index (κ2) is 11.7. The first kappa shape index (κ1) is 32.1. The van der Waals surface area contributed by atoms with E-state index >= 15 is 0 Å². The van der Waals surface area contributed by atoms with E-state index in [2.05, 4.69) is 0 Å². The Labute approximate surface area is 265 Å². The smallest absolute Gasteiger partial charge is 0.435 e. The monoisotopic (exact) mass is 639 g/mol.